The molecule has 0 aliphatic carbocycles. The van der Waals surface area contributed by atoms with Crippen molar-refractivity contribution in [1.82, 2.24) is 0 Å². The molecule has 0 aromatic rings. The van der Waals surface area contributed by atoms with E-state index < -0.39 is 25.4 Å². The second-order valence-electron chi connectivity index (χ2n) is 1.48. The minimum Gasteiger partial charge on any atom is -0.241 e. The SMILES string of the molecule is FC(F)CC(F)C(F)F. The average molecular weight is 148 g/mol. The van der Waals surface area contributed by atoms with Crippen LogP contribution in [0.3, 0.4) is 0 Å². The zero-order valence-corrected chi connectivity index (χ0v) is 4.33. The molecule has 0 radical (unpaired) electrons. The van der Waals surface area contributed by atoms with Gasteiger partial charge in [0.1, 0.15) is 0 Å². The van der Waals surface area contributed by atoms with Crippen molar-refractivity contribution in [2.75, 3.05) is 0 Å². The molecule has 0 saturated carbocycles. The van der Waals surface area contributed by atoms with Gasteiger partial charge in [-0.25, -0.2) is 22.0 Å². The summed E-state index contributed by atoms with van der Waals surface area (Å²) in [6, 6.07) is 0. The first-order valence-electron chi connectivity index (χ1n) is 2.24. The molecule has 0 spiro atoms. The minimum atomic E-state index is -3.29. The summed E-state index contributed by atoms with van der Waals surface area (Å²) in [6.45, 7) is 0. The van der Waals surface area contributed by atoms with E-state index in [1.807, 2.05) is 0 Å². The number of alkyl halides is 5. The molecule has 0 aliphatic rings. The third-order valence-electron chi connectivity index (χ3n) is 0.677. The van der Waals surface area contributed by atoms with Gasteiger partial charge in [-0.15, -0.1) is 0 Å². The van der Waals surface area contributed by atoms with Crippen molar-refractivity contribution in [2.45, 2.75) is 25.4 Å². The molecule has 9 heavy (non-hydrogen) atoms. The first kappa shape index (κ1) is 8.65. The van der Waals surface area contributed by atoms with Gasteiger partial charge in [0, 0.05) is 6.42 Å². The topological polar surface area (TPSA) is 0 Å². The molecule has 0 aromatic heterocycles. The monoisotopic (exact) mass is 148 g/mol. The Balaban J connectivity index is 3.38. The van der Waals surface area contributed by atoms with E-state index in [9.17, 15) is 22.0 Å². The van der Waals surface area contributed by atoms with E-state index in [4.69, 9.17) is 0 Å². The highest BCUT2D eigenvalue weighted by molar-refractivity contribution is 4.58. The largest absolute Gasteiger partial charge is 0.269 e. The van der Waals surface area contributed by atoms with Crippen LogP contribution >= 0.6 is 0 Å². The summed E-state index contributed by atoms with van der Waals surface area (Å²) >= 11 is 0. The summed E-state index contributed by atoms with van der Waals surface area (Å²) in [4.78, 5) is 0. The van der Waals surface area contributed by atoms with Gasteiger partial charge in [0.05, 0.1) is 0 Å². The molecule has 0 nitrogen and oxygen atoms in total. The van der Waals surface area contributed by atoms with E-state index in [1.54, 1.807) is 0 Å². The maximum absolute atomic E-state index is 11.5. The van der Waals surface area contributed by atoms with E-state index in [2.05, 4.69) is 0 Å². The molecular weight excluding hydrogens is 143 g/mol. The van der Waals surface area contributed by atoms with Crippen molar-refractivity contribution in [3.8, 4) is 0 Å². The maximum Gasteiger partial charge on any atom is 0.269 e. The van der Waals surface area contributed by atoms with Crippen LogP contribution in [0.25, 0.3) is 0 Å². The Labute approximate surface area is 48.7 Å². The molecule has 1 unspecified atom stereocenters. The van der Waals surface area contributed by atoms with Gasteiger partial charge >= 0.3 is 0 Å². The molecule has 56 valence electrons. The van der Waals surface area contributed by atoms with Gasteiger partial charge in [-0.1, -0.05) is 0 Å². The van der Waals surface area contributed by atoms with Crippen LogP contribution in [0.15, 0.2) is 0 Å². The lowest BCUT2D eigenvalue weighted by Crippen LogP contribution is -2.15. The van der Waals surface area contributed by atoms with Crippen LogP contribution in [-0.2, 0) is 0 Å². The van der Waals surface area contributed by atoms with Crippen molar-refractivity contribution in [3.63, 3.8) is 0 Å². The Morgan fingerprint density at radius 2 is 1.33 bits per heavy atom. The first-order valence-corrected chi connectivity index (χ1v) is 2.24. The lowest BCUT2D eigenvalue weighted by molar-refractivity contribution is 0.00736. The van der Waals surface area contributed by atoms with E-state index in [1.165, 1.54) is 0 Å². The van der Waals surface area contributed by atoms with E-state index >= 15 is 0 Å². The van der Waals surface area contributed by atoms with Crippen LogP contribution in [0.5, 0.6) is 0 Å². The first-order chi connectivity index (χ1) is 4.04. The highest BCUT2D eigenvalue weighted by atomic mass is 19.3. The zero-order valence-electron chi connectivity index (χ0n) is 4.33. The summed E-state index contributed by atoms with van der Waals surface area (Å²) in [7, 11) is 0. The summed E-state index contributed by atoms with van der Waals surface area (Å²) in [5.74, 6) is 0. The standard InChI is InChI=1S/C4H5F5/c5-2(4(8)9)1-3(6)7/h2-4H,1H2. The molecule has 0 heterocycles. The Bertz CT molecular complexity index is 71.4. The molecule has 0 bridgehead atoms. The molecule has 0 rings (SSSR count). The molecule has 0 amide bonds. The second-order valence-corrected chi connectivity index (χ2v) is 1.48. The molecule has 0 fully saturated rings. The van der Waals surface area contributed by atoms with Crippen LogP contribution < -0.4 is 0 Å². The highest BCUT2D eigenvalue weighted by Gasteiger charge is 2.23. The highest BCUT2D eigenvalue weighted by Crippen LogP contribution is 2.13. The normalized spacial score (nSPS) is 15.0. The minimum absolute atomic E-state index is 1.38. The smallest absolute Gasteiger partial charge is 0.241 e. The zero-order chi connectivity index (χ0) is 7.44. The van der Waals surface area contributed by atoms with Crippen molar-refractivity contribution >= 4 is 0 Å². The number of rotatable bonds is 3. The van der Waals surface area contributed by atoms with Crippen LogP contribution in [0.1, 0.15) is 6.42 Å². The Hall–Kier alpha value is -0.350. The molecule has 1 atom stereocenters. The van der Waals surface area contributed by atoms with Crippen LogP contribution in [0.2, 0.25) is 0 Å². The Kier molecular flexibility index (Phi) is 3.49. The second kappa shape index (κ2) is 3.63. The summed E-state index contributed by atoms with van der Waals surface area (Å²) < 4.78 is 55.9. The fourth-order valence-corrected chi connectivity index (χ4v) is 0.273. The van der Waals surface area contributed by atoms with E-state index in [0.29, 0.717) is 0 Å². The fourth-order valence-electron chi connectivity index (χ4n) is 0.273. The quantitative estimate of drug-likeness (QED) is 0.538. The third kappa shape index (κ3) is 4.17. The third-order valence-corrected chi connectivity index (χ3v) is 0.677. The predicted octanol–water partition coefficient (Wildman–Crippen LogP) is 2.24. The fraction of sp³-hybridized carbons (Fsp3) is 1.00. The van der Waals surface area contributed by atoms with Crippen molar-refractivity contribution < 1.29 is 22.0 Å². The lowest BCUT2D eigenvalue weighted by Gasteiger charge is -2.03. The number of halogens is 5. The van der Waals surface area contributed by atoms with Crippen LogP contribution in [-0.4, -0.2) is 19.0 Å². The van der Waals surface area contributed by atoms with Crippen molar-refractivity contribution in [3.05, 3.63) is 0 Å². The van der Waals surface area contributed by atoms with Gasteiger partial charge in [-0.3, -0.25) is 0 Å². The molecule has 5 heteroatoms. The summed E-state index contributed by atoms with van der Waals surface area (Å²) in [5.41, 5.74) is 0. The van der Waals surface area contributed by atoms with Gasteiger partial charge in [-0.05, 0) is 0 Å². The van der Waals surface area contributed by atoms with E-state index in [0.717, 1.165) is 0 Å². The molecule has 0 aromatic carbocycles. The van der Waals surface area contributed by atoms with Crippen molar-refractivity contribution in [1.29, 1.82) is 0 Å². The Morgan fingerprint density at radius 3 is 1.44 bits per heavy atom. The van der Waals surface area contributed by atoms with Crippen molar-refractivity contribution in [2.24, 2.45) is 0 Å². The summed E-state index contributed by atoms with van der Waals surface area (Å²) in [6.07, 6.45) is -10.4. The van der Waals surface area contributed by atoms with E-state index in [-0.39, 0.29) is 0 Å². The Morgan fingerprint density at radius 1 is 0.889 bits per heavy atom. The average Bonchev–Trinajstić information content (AvgIpc) is 1.63. The molecular formula is C4H5F5. The van der Waals surface area contributed by atoms with Crippen LogP contribution in [0.4, 0.5) is 22.0 Å². The maximum atomic E-state index is 11.5. The molecule has 0 aliphatic heterocycles. The summed E-state index contributed by atoms with van der Waals surface area (Å²) in [5, 5.41) is 0. The van der Waals surface area contributed by atoms with Gasteiger partial charge in [0.25, 0.3) is 6.43 Å². The number of hydrogen-bond acceptors (Lipinski definition) is 0. The van der Waals surface area contributed by atoms with Crippen LogP contribution in [0, 0.1) is 0 Å². The van der Waals surface area contributed by atoms with Gasteiger partial charge in [-0.2, -0.15) is 0 Å². The van der Waals surface area contributed by atoms with Gasteiger partial charge in [0.15, 0.2) is 6.17 Å². The lowest BCUT2D eigenvalue weighted by atomic mass is 10.3. The predicted molar refractivity (Wildman–Crippen MR) is 21.5 cm³/mol. The molecule has 0 saturated heterocycles. The number of hydrogen-bond donors (Lipinski definition) is 0. The van der Waals surface area contributed by atoms with Gasteiger partial charge in [0.2, 0.25) is 6.43 Å². The molecule has 0 N–H and O–H groups in total. The van der Waals surface area contributed by atoms with Gasteiger partial charge < -0.3 is 0 Å².